The molecule has 5 aromatic rings. The highest BCUT2D eigenvalue weighted by molar-refractivity contribution is 9.10. The van der Waals surface area contributed by atoms with Crippen LogP contribution in [0.25, 0.3) is 44.0 Å². The smallest absolute Gasteiger partial charge is 0.142 e. The van der Waals surface area contributed by atoms with E-state index in [2.05, 4.69) is 100 Å². The van der Waals surface area contributed by atoms with Gasteiger partial charge in [-0.1, -0.05) is 64.5 Å². The van der Waals surface area contributed by atoms with Crippen LogP contribution in [-0.4, -0.2) is 9.55 Å². The van der Waals surface area contributed by atoms with Gasteiger partial charge in [0.2, 0.25) is 0 Å². The number of hydrogen-bond acceptors (Lipinski definition) is 1. The van der Waals surface area contributed by atoms with Crippen molar-refractivity contribution < 1.29 is 0 Å². The molecule has 0 saturated carbocycles. The third kappa shape index (κ3) is 2.12. The quantitative estimate of drug-likeness (QED) is 0.330. The molecule has 5 rings (SSSR count). The fourth-order valence-electron chi connectivity index (χ4n) is 3.70. The van der Waals surface area contributed by atoms with Crippen LogP contribution in [0.5, 0.6) is 0 Å². The highest BCUT2D eigenvalue weighted by Gasteiger charge is 2.17. The van der Waals surface area contributed by atoms with E-state index in [1.165, 1.54) is 32.8 Å². The van der Waals surface area contributed by atoms with Gasteiger partial charge in [-0.3, -0.25) is 0 Å². The minimum absolute atomic E-state index is 1.03. The number of aromatic nitrogens is 2. The summed E-state index contributed by atoms with van der Waals surface area (Å²) in [5.41, 5.74) is 5.73. The Labute approximate surface area is 153 Å². The number of rotatable bonds is 1. The van der Waals surface area contributed by atoms with E-state index in [1.54, 1.807) is 0 Å². The molecule has 0 amide bonds. The molecule has 0 saturated heterocycles. The Morgan fingerprint density at radius 2 is 1.48 bits per heavy atom. The first-order chi connectivity index (χ1) is 12.2. The van der Waals surface area contributed by atoms with Gasteiger partial charge in [0, 0.05) is 33.2 Å². The predicted octanol–water partition coefficient (Wildman–Crippen LogP) is 6.31. The second-order valence-electron chi connectivity index (χ2n) is 6.29. The third-order valence-electron chi connectivity index (χ3n) is 4.86. The van der Waals surface area contributed by atoms with Gasteiger partial charge in [-0.2, -0.15) is 0 Å². The molecule has 0 spiro atoms. The van der Waals surface area contributed by atoms with Gasteiger partial charge < -0.3 is 4.57 Å². The van der Waals surface area contributed by atoms with Crippen LogP contribution in [0.4, 0.5) is 0 Å². The van der Waals surface area contributed by atoms with Crippen molar-refractivity contribution in [2.24, 2.45) is 7.05 Å². The van der Waals surface area contributed by atoms with Crippen LogP contribution < -0.4 is 0 Å². The normalized spacial score (nSPS) is 11.6. The lowest BCUT2D eigenvalue weighted by Crippen LogP contribution is -1.92. The summed E-state index contributed by atoms with van der Waals surface area (Å²) in [5.74, 6) is 0. The van der Waals surface area contributed by atoms with Crippen LogP contribution in [0, 0.1) is 0 Å². The van der Waals surface area contributed by atoms with E-state index >= 15 is 0 Å². The molecule has 2 aromatic heterocycles. The molecule has 3 aromatic carbocycles. The summed E-state index contributed by atoms with van der Waals surface area (Å²) in [4.78, 5) is 4.97. The molecule has 0 aliphatic heterocycles. The monoisotopic (exact) mass is 386 g/mol. The van der Waals surface area contributed by atoms with Crippen molar-refractivity contribution in [2.75, 3.05) is 0 Å². The molecule has 0 aliphatic rings. The van der Waals surface area contributed by atoms with Crippen molar-refractivity contribution in [1.29, 1.82) is 0 Å². The van der Waals surface area contributed by atoms with Gasteiger partial charge in [0.05, 0.1) is 11.0 Å². The van der Waals surface area contributed by atoms with Crippen molar-refractivity contribution in [1.82, 2.24) is 9.55 Å². The van der Waals surface area contributed by atoms with E-state index in [0.717, 1.165) is 15.6 Å². The van der Waals surface area contributed by atoms with Crippen molar-refractivity contribution in [2.45, 2.75) is 0 Å². The maximum absolute atomic E-state index is 4.97. The summed E-state index contributed by atoms with van der Waals surface area (Å²) in [6.07, 6.45) is 0. The van der Waals surface area contributed by atoms with E-state index in [1.807, 2.05) is 0 Å². The van der Waals surface area contributed by atoms with Gasteiger partial charge in [-0.25, -0.2) is 4.98 Å². The molecule has 0 aliphatic carbocycles. The SMILES string of the molecule is Cn1c2ccccc2c2c(-c3ccc(Br)cc3)c3ccccc3nc21. The molecule has 0 atom stereocenters. The van der Waals surface area contributed by atoms with E-state index in [4.69, 9.17) is 4.98 Å². The minimum Gasteiger partial charge on any atom is -0.328 e. The number of fused-ring (bicyclic) bond motifs is 4. The molecular weight excluding hydrogens is 372 g/mol. The first-order valence-electron chi connectivity index (χ1n) is 8.26. The van der Waals surface area contributed by atoms with Gasteiger partial charge in [0.1, 0.15) is 5.65 Å². The fraction of sp³-hybridized carbons (Fsp3) is 0.0455. The van der Waals surface area contributed by atoms with E-state index in [-0.39, 0.29) is 0 Å². The predicted molar refractivity (Wildman–Crippen MR) is 109 cm³/mol. The molecule has 0 N–H and O–H groups in total. The average Bonchev–Trinajstić information content (AvgIpc) is 2.93. The molecule has 0 fully saturated rings. The Morgan fingerprint density at radius 1 is 0.800 bits per heavy atom. The average molecular weight is 387 g/mol. The Morgan fingerprint density at radius 3 is 2.28 bits per heavy atom. The highest BCUT2D eigenvalue weighted by Crippen LogP contribution is 2.39. The number of pyridine rings is 1. The van der Waals surface area contributed by atoms with Crippen LogP contribution in [0.3, 0.4) is 0 Å². The summed E-state index contributed by atoms with van der Waals surface area (Å²) in [5, 5.41) is 3.66. The molecular formula is C22H15BrN2. The second kappa shape index (κ2) is 5.43. The topological polar surface area (TPSA) is 17.8 Å². The largest absolute Gasteiger partial charge is 0.328 e. The standard InChI is InChI=1S/C22H15BrN2/c1-25-19-9-5-3-7-17(19)21-20(14-10-12-15(23)13-11-14)16-6-2-4-8-18(16)24-22(21)25/h2-13H,1H3. The van der Waals surface area contributed by atoms with Crippen LogP contribution in [0.15, 0.2) is 77.3 Å². The Balaban J connectivity index is 2.07. The summed E-state index contributed by atoms with van der Waals surface area (Å²) >= 11 is 3.54. The molecule has 3 heteroatoms. The summed E-state index contributed by atoms with van der Waals surface area (Å²) < 4.78 is 3.28. The molecule has 0 bridgehead atoms. The lowest BCUT2D eigenvalue weighted by molar-refractivity contribution is 0.994. The van der Waals surface area contributed by atoms with E-state index < -0.39 is 0 Å². The fourth-order valence-corrected chi connectivity index (χ4v) is 3.97. The Hall–Kier alpha value is -2.65. The molecule has 2 heterocycles. The van der Waals surface area contributed by atoms with Crippen LogP contribution in [0.1, 0.15) is 0 Å². The lowest BCUT2D eigenvalue weighted by atomic mass is 9.96. The second-order valence-corrected chi connectivity index (χ2v) is 7.20. The van der Waals surface area contributed by atoms with E-state index in [9.17, 15) is 0 Å². The maximum atomic E-state index is 4.97. The zero-order valence-electron chi connectivity index (χ0n) is 13.7. The van der Waals surface area contributed by atoms with Gasteiger partial charge >= 0.3 is 0 Å². The summed E-state index contributed by atoms with van der Waals surface area (Å²) in [6.45, 7) is 0. The maximum Gasteiger partial charge on any atom is 0.142 e. The molecule has 0 radical (unpaired) electrons. The van der Waals surface area contributed by atoms with Gasteiger partial charge in [-0.05, 0) is 29.8 Å². The first-order valence-corrected chi connectivity index (χ1v) is 9.05. The zero-order chi connectivity index (χ0) is 17.0. The van der Waals surface area contributed by atoms with Crippen molar-refractivity contribution in [3.63, 3.8) is 0 Å². The van der Waals surface area contributed by atoms with Gasteiger partial charge in [0.15, 0.2) is 0 Å². The van der Waals surface area contributed by atoms with Crippen molar-refractivity contribution in [3.8, 4) is 11.1 Å². The van der Waals surface area contributed by atoms with Gasteiger partial charge in [-0.15, -0.1) is 0 Å². The molecule has 2 nitrogen and oxygen atoms in total. The number of benzene rings is 3. The Kier molecular flexibility index (Phi) is 3.19. The molecule has 0 unspecified atom stereocenters. The molecule has 120 valence electrons. The number of halogens is 1. The van der Waals surface area contributed by atoms with Crippen LogP contribution in [-0.2, 0) is 7.05 Å². The summed E-state index contributed by atoms with van der Waals surface area (Å²) in [6, 6.07) is 25.5. The number of aryl methyl sites for hydroxylation is 1. The Bertz CT molecular complexity index is 1250. The van der Waals surface area contributed by atoms with Gasteiger partial charge in [0.25, 0.3) is 0 Å². The number of hydrogen-bond donors (Lipinski definition) is 0. The van der Waals surface area contributed by atoms with E-state index in [0.29, 0.717) is 0 Å². The van der Waals surface area contributed by atoms with Crippen molar-refractivity contribution >= 4 is 48.8 Å². The zero-order valence-corrected chi connectivity index (χ0v) is 15.3. The van der Waals surface area contributed by atoms with Crippen LogP contribution in [0.2, 0.25) is 0 Å². The third-order valence-corrected chi connectivity index (χ3v) is 5.39. The highest BCUT2D eigenvalue weighted by atomic mass is 79.9. The minimum atomic E-state index is 1.03. The van der Waals surface area contributed by atoms with Crippen LogP contribution >= 0.6 is 15.9 Å². The first kappa shape index (κ1) is 14.7. The summed E-state index contributed by atoms with van der Waals surface area (Å²) in [7, 11) is 2.10. The molecule has 25 heavy (non-hydrogen) atoms. The number of nitrogens with zero attached hydrogens (tertiary/aromatic N) is 2. The number of para-hydroxylation sites is 2. The lowest BCUT2D eigenvalue weighted by Gasteiger charge is -2.10. The van der Waals surface area contributed by atoms with Crippen molar-refractivity contribution in [3.05, 3.63) is 77.3 Å².